The zero-order chi connectivity index (χ0) is 15.0. The molecule has 3 rings (SSSR count). The summed E-state index contributed by atoms with van der Waals surface area (Å²) in [6, 6.07) is 9.73. The minimum Gasteiger partial charge on any atom is -0.394 e. The van der Waals surface area contributed by atoms with Crippen LogP contribution < -0.4 is 0 Å². The predicted molar refractivity (Wildman–Crippen MR) is 75.7 cm³/mol. The minimum atomic E-state index is -0.794. The van der Waals surface area contributed by atoms with Gasteiger partial charge in [0.1, 0.15) is 30.5 Å². The normalized spacial score (nSPS) is 37.6. The van der Waals surface area contributed by atoms with Crippen LogP contribution in [0.4, 0.5) is 0 Å². The fourth-order valence-electron chi connectivity index (χ4n) is 2.89. The fourth-order valence-corrected chi connectivity index (χ4v) is 2.89. The van der Waals surface area contributed by atoms with Crippen molar-refractivity contribution < 1.29 is 24.4 Å². The van der Waals surface area contributed by atoms with Gasteiger partial charge in [0.05, 0.1) is 18.8 Å². The van der Waals surface area contributed by atoms with Crippen LogP contribution in [0, 0.1) is 0 Å². The number of rotatable bonds is 5. The molecule has 5 atom stereocenters. The topological polar surface area (TPSA) is 71.5 Å². The SMILES string of the molecule is CC1(C)OC1C1O[C@@H](CO)[C@H](OCc2ccccc2)[C@H]1O. The van der Waals surface area contributed by atoms with Gasteiger partial charge in [0.25, 0.3) is 0 Å². The molecule has 2 fully saturated rings. The van der Waals surface area contributed by atoms with Gasteiger partial charge in [-0.25, -0.2) is 0 Å². The fraction of sp³-hybridized carbons (Fsp3) is 0.625. The maximum Gasteiger partial charge on any atom is 0.116 e. The van der Waals surface area contributed by atoms with Crippen molar-refractivity contribution >= 4 is 0 Å². The van der Waals surface area contributed by atoms with Crippen LogP contribution in [-0.2, 0) is 20.8 Å². The lowest BCUT2D eigenvalue weighted by molar-refractivity contribution is -0.0619. The standard InChI is InChI=1S/C16H22O5/c1-16(2)15(21-16)14-12(18)13(11(8-17)20-14)19-9-10-6-4-3-5-7-10/h3-7,11-15,17-18H,8-9H2,1-2H3/t11-,12+,13-,14?,15?/m0/s1. The number of aliphatic hydroxyl groups is 2. The minimum absolute atomic E-state index is 0.146. The second-order valence-corrected chi connectivity index (χ2v) is 6.22. The quantitative estimate of drug-likeness (QED) is 0.789. The molecule has 0 saturated carbocycles. The van der Waals surface area contributed by atoms with E-state index in [0.29, 0.717) is 6.61 Å². The Morgan fingerprint density at radius 1 is 1.24 bits per heavy atom. The predicted octanol–water partition coefficient (Wildman–Crippen LogP) is 0.870. The molecule has 0 amide bonds. The van der Waals surface area contributed by atoms with Gasteiger partial charge in [0.2, 0.25) is 0 Å². The van der Waals surface area contributed by atoms with Gasteiger partial charge in [-0.2, -0.15) is 0 Å². The van der Waals surface area contributed by atoms with E-state index in [9.17, 15) is 10.2 Å². The van der Waals surface area contributed by atoms with Gasteiger partial charge >= 0.3 is 0 Å². The highest BCUT2D eigenvalue weighted by atomic mass is 16.7. The molecule has 0 aromatic heterocycles. The summed E-state index contributed by atoms with van der Waals surface area (Å²) in [5.74, 6) is 0. The van der Waals surface area contributed by atoms with E-state index in [0.717, 1.165) is 5.56 Å². The Hall–Kier alpha value is -0.980. The van der Waals surface area contributed by atoms with Gasteiger partial charge in [0.15, 0.2) is 0 Å². The van der Waals surface area contributed by atoms with Crippen LogP contribution in [0.3, 0.4) is 0 Å². The Labute approximate surface area is 124 Å². The molecular weight excluding hydrogens is 272 g/mol. The molecule has 1 aromatic rings. The summed E-state index contributed by atoms with van der Waals surface area (Å²) in [6.07, 6.45) is -2.45. The van der Waals surface area contributed by atoms with Crippen molar-refractivity contribution in [1.82, 2.24) is 0 Å². The van der Waals surface area contributed by atoms with Crippen molar-refractivity contribution in [3.8, 4) is 0 Å². The molecule has 21 heavy (non-hydrogen) atoms. The number of hydrogen-bond donors (Lipinski definition) is 2. The van der Waals surface area contributed by atoms with Crippen molar-refractivity contribution in [2.24, 2.45) is 0 Å². The first-order valence-electron chi connectivity index (χ1n) is 7.30. The molecule has 116 valence electrons. The van der Waals surface area contributed by atoms with Crippen LogP contribution in [0.2, 0.25) is 0 Å². The van der Waals surface area contributed by atoms with E-state index in [1.54, 1.807) is 0 Å². The monoisotopic (exact) mass is 294 g/mol. The molecule has 5 heteroatoms. The third kappa shape index (κ3) is 2.98. The first kappa shape index (κ1) is 14.9. The number of ether oxygens (including phenoxy) is 3. The maximum atomic E-state index is 10.4. The van der Waals surface area contributed by atoms with Gasteiger partial charge in [0, 0.05) is 0 Å². The van der Waals surface area contributed by atoms with Crippen molar-refractivity contribution in [2.75, 3.05) is 6.61 Å². The smallest absolute Gasteiger partial charge is 0.116 e. The van der Waals surface area contributed by atoms with E-state index in [1.807, 2.05) is 44.2 Å². The molecule has 1 aromatic carbocycles. The second-order valence-electron chi connectivity index (χ2n) is 6.22. The molecule has 2 unspecified atom stereocenters. The highest BCUT2D eigenvalue weighted by molar-refractivity contribution is 5.14. The summed E-state index contributed by atoms with van der Waals surface area (Å²) >= 11 is 0. The van der Waals surface area contributed by atoms with Gasteiger partial charge in [-0.3, -0.25) is 0 Å². The van der Waals surface area contributed by atoms with Gasteiger partial charge in [-0.05, 0) is 19.4 Å². The molecule has 0 aliphatic carbocycles. The summed E-state index contributed by atoms with van der Waals surface area (Å²) in [5.41, 5.74) is 0.743. The summed E-state index contributed by atoms with van der Waals surface area (Å²) in [4.78, 5) is 0. The highest BCUT2D eigenvalue weighted by Gasteiger charge is 2.60. The molecule has 2 saturated heterocycles. The summed E-state index contributed by atoms with van der Waals surface area (Å²) in [6.45, 7) is 4.12. The van der Waals surface area contributed by atoms with Crippen LogP contribution in [0.15, 0.2) is 30.3 Å². The van der Waals surface area contributed by atoms with E-state index in [-0.39, 0.29) is 18.3 Å². The molecule has 2 heterocycles. The van der Waals surface area contributed by atoms with E-state index >= 15 is 0 Å². The van der Waals surface area contributed by atoms with Crippen LogP contribution in [0.25, 0.3) is 0 Å². The average Bonchev–Trinajstić information content (AvgIpc) is 2.99. The molecule has 0 radical (unpaired) electrons. The van der Waals surface area contributed by atoms with E-state index in [2.05, 4.69) is 0 Å². The van der Waals surface area contributed by atoms with E-state index in [4.69, 9.17) is 14.2 Å². The highest BCUT2D eigenvalue weighted by Crippen LogP contribution is 2.43. The molecule has 2 aliphatic heterocycles. The molecule has 0 spiro atoms. The Morgan fingerprint density at radius 3 is 2.48 bits per heavy atom. The van der Waals surface area contributed by atoms with Crippen molar-refractivity contribution in [2.45, 2.75) is 56.6 Å². The van der Waals surface area contributed by atoms with Crippen LogP contribution in [0.5, 0.6) is 0 Å². The summed E-state index contributed by atoms with van der Waals surface area (Å²) in [5, 5.41) is 19.9. The van der Waals surface area contributed by atoms with Crippen molar-refractivity contribution in [3.05, 3.63) is 35.9 Å². The zero-order valence-electron chi connectivity index (χ0n) is 12.3. The average molecular weight is 294 g/mol. The third-order valence-electron chi connectivity index (χ3n) is 4.19. The van der Waals surface area contributed by atoms with Gasteiger partial charge < -0.3 is 24.4 Å². The summed E-state index contributed by atoms with van der Waals surface area (Å²) in [7, 11) is 0. The van der Waals surface area contributed by atoms with Gasteiger partial charge in [-0.15, -0.1) is 0 Å². The zero-order valence-corrected chi connectivity index (χ0v) is 12.3. The number of epoxide rings is 1. The van der Waals surface area contributed by atoms with Crippen LogP contribution in [-0.4, -0.2) is 52.9 Å². The molecule has 0 bridgehead atoms. The molecule has 5 nitrogen and oxygen atoms in total. The van der Waals surface area contributed by atoms with Crippen molar-refractivity contribution in [1.29, 1.82) is 0 Å². The summed E-state index contributed by atoms with van der Waals surface area (Å²) < 4.78 is 17.1. The first-order valence-corrected chi connectivity index (χ1v) is 7.30. The van der Waals surface area contributed by atoms with Crippen LogP contribution in [0.1, 0.15) is 19.4 Å². The van der Waals surface area contributed by atoms with Crippen LogP contribution >= 0.6 is 0 Å². The van der Waals surface area contributed by atoms with E-state index < -0.39 is 24.4 Å². The molecular formula is C16H22O5. The lowest BCUT2D eigenvalue weighted by Crippen LogP contribution is -2.38. The number of benzene rings is 1. The number of hydrogen-bond acceptors (Lipinski definition) is 5. The van der Waals surface area contributed by atoms with E-state index in [1.165, 1.54) is 0 Å². The Morgan fingerprint density at radius 2 is 1.90 bits per heavy atom. The third-order valence-corrected chi connectivity index (χ3v) is 4.19. The molecule has 2 aliphatic rings. The lowest BCUT2D eigenvalue weighted by atomic mass is 9.99. The Bertz CT molecular complexity index is 475. The van der Waals surface area contributed by atoms with Crippen molar-refractivity contribution in [3.63, 3.8) is 0 Å². The first-order chi connectivity index (χ1) is 10.0. The number of aliphatic hydroxyl groups excluding tert-OH is 2. The maximum absolute atomic E-state index is 10.4. The second kappa shape index (κ2) is 5.66. The van der Waals surface area contributed by atoms with Gasteiger partial charge in [-0.1, -0.05) is 30.3 Å². The lowest BCUT2D eigenvalue weighted by Gasteiger charge is -2.19. The molecule has 2 N–H and O–H groups in total. The Balaban J connectivity index is 1.63. The Kier molecular flexibility index (Phi) is 4.03. The largest absolute Gasteiger partial charge is 0.394 e.